The van der Waals surface area contributed by atoms with Gasteiger partial charge in [-0.25, -0.2) is 4.98 Å². The zero-order chi connectivity index (χ0) is 12.7. The molecule has 2 aromatic heterocycles. The van der Waals surface area contributed by atoms with Gasteiger partial charge >= 0.3 is 0 Å². The molecule has 0 radical (unpaired) electrons. The van der Waals surface area contributed by atoms with Gasteiger partial charge in [0.25, 0.3) is 0 Å². The summed E-state index contributed by atoms with van der Waals surface area (Å²) in [6, 6.07) is 6.13. The third kappa shape index (κ3) is 1.57. The fraction of sp³-hybridized carbons (Fsp3) is 0.154. The fourth-order valence-electron chi connectivity index (χ4n) is 1.97. The summed E-state index contributed by atoms with van der Waals surface area (Å²) in [7, 11) is 0. The van der Waals surface area contributed by atoms with Crippen molar-refractivity contribution in [2.24, 2.45) is 0 Å². The van der Waals surface area contributed by atoms with E-state index in [1.807, 2.05) is 22.7 Å². The number of aryl methyl sites for hydroxylation is 1. The molecule has 0 N–H and O–H groups in total. The second-order valence-electron chi connectivity index (χ2n) is 4.18. The van der Waals surface area contributed by atoms with Gasteiger partial charge in [-0.1, -0.05) is 29.8 Å². The summed E-state index contributed by atoms with van der Waals surface area (Å²) in [4.78, 5) is 4.00. The first-order valence-corrected chi connectivity index (χ1v) is 5.98. The smallest absolute Gasteiger partial charge is 0.198 e. The Balaban J connectivity index is 2.33. The molecule has 90 valence electrons. The molecule has 4 nitrogen and oxygen atoms in total. The molecule has 0 saturated heterocycles. The number of aromatic nitrogens is 4. The first kappa shape index (κ1) is 11.2. The summed E-state index contributed by atoms with van der Waals surface area (Å²) < 4.78 is 1.86. The molecule has 0 bridgehead atoms. The van der Waals surface area contributed by atoms with Gasteiger partial charge < -0.3 is 0 Å². The summed E-state index contributed by atoms with van der Waals surface area (Å²) in [6.45, 7) is 4.16. The minimum atomic E-state index is 0.363. The standard InChI is InChI=1S/C13H11ClN4/c1-8-4-3-5-10(9(8)2)12-16-17-13-11(14)15-6-7-18(12)13/h3-7H,1-2H3. The predicted octanol–water partition coefficient (Wildman–Crippen LogP) is 3.06. The molecule has 0 aliphatic carbocycles. The number of rotatable bonds is 1. The lowest BCUT2D eigenvalue weighted by Gasteiger charge is -2.06. The summed E-state index contributed by atoms with van der Waals surface area (Å²) in [5.41, 5.74) is 4.06. The lowest BCUT2D eigenvalue weighted by atomic mass is 10.0. The fourth-order valence-corrected chi connectivity index (χ4v) is 2.16. The summed E-state index contributed by atoms with van der Waals surface area (Å²) in [5, 5.41) is 8.66. The molecule has 0 atom stereocenters. The largest absolute Gasteiger partial charge is 0.278 e. The van der Waals surface area contributed by atoms with Crippen LogP contribution in [0.2, 0.25) is 5.15 Å². The van der Waals surface area contributed by atoms with Crippen LogP contribution in [0.3, 0.4) is 0 Å². The van der Waals surface area contributed by atoms with Gasteiger partial charge in [-0.2, -0.15) is 0 Å². The van der Waals surface area contributed by atoms with Crippen molar-refractivity contribution in [1.29, 1.82) is 0 Å². The SMILES string of the molecule is Cc1cccc(-c2nnc3c(Cl)nccn23)c1C. The van der Waals surface area contributed by atoms with E-state index in [1.165, 1.54) is 11.1 Å². The Morgan fingerprint density at radius 3 is 2.83 bits per heavy atom. The maximum Gasteiger partial charge on any atom is 0.198 e. The Hall–Kier alpha value is -1.94. The Morgan fingerprint density at radius 2 is 2.00 bits per heavy atom. The van der Waals surface area contributed by atoms with Gasteiger partial charge in [0.2, 0.25) is 0 Å². The monoisotopic (exact) mass is 258 g/mol. The van der Waals surface area contributed by atoms with Crippen molar-refractivity contribution in [2.75, 3.05) is 0 Å². The average molecular weight is 259 g/mol. The van der Waals surface area contributed by atoms with Crippen LogP contribution in [0.15, 0.2) is 30.6 Å². The molecule has 0 saturated carbocycles. The van der Waals surface area contributed by atoms with E-state index in [-0.39, 0.29) is 0 Å². The van der Waals surface area contributed by atoms with Crippen LogP contribution >= 0.6 is 11.6 Å². The molecular weight excluding hydrogens is 248 g/mol. The van der Waals surface area contributed by atoms with Crippen molar-refractivity contribution in [1.82, 2.24) is 19.6 Å². The molecule has 18 heavy (non-hydrogen) atoms. The second kappa shape index (κ2) is 4.07. The maximum absolute atomic E-state index is 5.99. The highest BCUT2D eigenvalue weighted by atomic mass is 35.5. The van der Waals surface area contributed by atoms with Crippen LogP contribution < -0.4 is 0 Å². The first-order chi connectivity index (χ1) is 8.68. The number of nitrogens with zero attached hydrogens (tertiary/aromatic N) is 4. The highest BCUT2D eigenvalue weighted by Gasteiger charge is 2.13. The molecule has 3 aromatic rings. The predicted molar refractivity (Wildman–Crippen MR) is 70.7 cm³/mol. The molecule has 0 unspecified atom stereocenters. The van der Waals surface area contributed by atoms with E-state index in [1.54, 1.807) is 6.20 Å². The van der Waals surface area contributed by atoms with Gasteiger partial charge in [-0.15, -0.1) is 10.2 Å². The number of benzene rings is 1. The van der Waals surface area contributed by atoms with E-state index in [2.05, 4.69) is 35.1 Å². The van der Waals surface area contributed by atoms with Crippen LogP contribution in [0.4, 0.5) is 0 Å². The number of hydrogen-bond acceptors (Lipinski definition) is 3. The Morgan fingerprint density at radius 1 is 1.17 bits per heavy atom. The van der Waals surface area contributed by atoms with Crippen LogP contribution in [0.25, 0.3) is 17.0 Å². The van der Waals surface area contributed by atoms with E-state index >= 15 is 0 Å². The number of hydrogen-bond donors (Lipinski definition) is 0. The van der Waals surface area contributed by atoms with Crippen molar-refractivity contribution >= 4 is 17.2 Å². The molecule has 2 heterocycles. The van der Waals surface area contributed by atoms with Crippen molar-refractivity contribution in [3.05, 3.63) is 46.9 Å². The Kier molecular flexibility index (Phi) is 2.52. The quantitative estimate of drug-likeness (QED) is 0.674. The third-order valence-electron chi connectivity index (χ3n) is 3.13. The number of halogens is 1. The third-order valence-corrected chi connectivity index (χ3v) is 3.40. The zero-order valence-electron chi connectivity index (χ0n) is 10.1. The molecule has 5 heteroatoms. The van der Waals surface area contributed by atoms with Crippen molar-refractivity contribution in [3.63, 3.8) is 0 Å². The normalized spacial score (nSPS) is 11.1. The van der Waals surface area contributed by atoms with E-state index in [0.717, 1.165) is 11.4 Å². The molecule has 0 fully saturated rings. The summed E-state index contributed by atoms with van der Waals surface area (Å²) in [6.07, 6.45) is 3.46. The average Bonchev–Trinajstić information content (AvgIpc) is 2.78. The van der Waals surface area contributed by atoms with Gasteiger partial charge in [-0.05, 0) is 25.0 Å². The molecule has 3 rings (SSSR count). The van der Waals surface area contributed by atoms with Crippen molar-refractivity contribution in [3.8, 4) is 11.4 Å². The van der Waals surface area contributed by atoms with Gasteiger partial charge in [0.1, 0.15) is 0 Å². The second-order valence-corrected chi connectivity index (χ2v) is 4.54. The molecular formula is C13H11ClN4. The van der Waals surface area contributed by atoms with E-state index in [9.17, 15) is 0 Å². The minimum absolute atomic E-state index is 0.363. The summed E-state index contributed by atoms with van der Waals surface area (Å²) >= 11 is 5.99. The van der Waals surface area contributed by atoms with Crippen molar-refractivity contribution in [2.45, 2.75) is 13.8 Å². The topological polar surface area (TPSA) is 43.1 Å². The molecule has 0 aliphatic rings. The van der Waals surface area contributed by atoms with Gasteiger partial charge in [0, 0.05) is 18.0 Å². The van der Waals surface area contributed by atoms with Crippen molar-refractivity contribution < 1.29 is 0 Å². The van der Waals surface area contributed by atoms with E-state index in [0.29, 0.717) is 10.8 Å². The van der Waals surface area contributed by atoms with E-state index < -0.39 is 0 Å². The highest BCUT2D eigenvalue weighted by molar-refractivity contribution is 6.32. The number of fused-ring (bicyclic) bond motifs is 1. The zero-order valence-corrected chi connectivity index (χ0v) is 10.8. The molecule has 0 amide bonds. The first-order valence-electron chi connectivity index (χ1n) is 5.60. The van der Waals surface area contributed by atoms with Crippen LogP contribution in [-0.4, -0.2) is 19.6 Å². The lowest BCUT2D eigenvalue weighted by Crippen LogP contribution is -1.94. The van der Waals surface area contributed by atoms with Crippen LogP contribution in [0.1, 0.15) is 11.1 Å². The summed E-state index contributed by atoms with van der Waals surface area (Å²) in [5.74, 6) is 0.788. The Bertz CT molecular complexity index is 733. The molecule has 0 aliphatic heterocycles. The van der Waals surface area contributed by atoms with E-state index in [4.69, 9.17) is 11.6 Å². The maximum atomic E-state index is 5.99. The van der Waals surface area contributed by atoms with Gasteiger partial charge in [0.05, 0.1) is 0 Å². The van der Waals surface area contributed by atoms with Gasteiger partial charge in [0.15, 0.2) is 16.6 Å². The van der Waals surface area contributed by atoms with Crippen LogP contribution in [-0.2, 0) is 0 Å². The minimum Gasteiger partial charge on any atom is -0.278 e. The van der Waals surface area contributed by atoms with Gasteiger partial charge in [-0.3, -0.25) is 4.40 Å². The van der Waals surface area contributed by atoms with Crippen LogP contribution in [0.5, 0.6) is 0 Å². The lowest BCUT2D eigenvalue weighted by molar-refractivity contribution is 1.10. The molecule has 0 spiro atoms. The van der Waals surface area contributed by atoms with Crippen LogP contribution in [0, 0.1) is 13.8 Å². The Labute approximate surface area is 109 Å². The highest BCUT2D eigenvalue weighted by Crippen LogP contribution is 2.25. The molecule has 1 aromatic carbocycles.